The first-order chi connectivity index (χ1) is 8.27. The second-order valence-electron chi connectivity index (χ2n) is 6.24. The van der Waals surface area contributed by atoms with Gasteiger partial charge in [0.25, 0.3) is 0 Å². The van der Waals surface area contributed by atoms with Crippen LogP contribution in [0, 0.1) is 5.92 Å². The minimum atomic E-state index is -0.169. The Morgan fingerprint density at radius 2 is 2.00 bits per heavy atom. The molecule has 1 aliphatic heterocycles. The minimum Gasteiger partial charge on any atom is -0.392 e. The third-order valence-electron chi connectivity index (χ3n) is 4.78. The fourth-order valence-electron chi connectivity index (χ4n) is 3.50. The molecule has 2 N–H and O–H groups in total. The summed E-state index contributed by atoms with van der Waals surface area (Å²) in [4.78, 5) is 0. The van der Waals surface area contributed by atoms with Crippen molar-refractivity contribution in [3.05, 3.63) is 0 Å². The molecule has 2 unspecified atom stereocenters. The summed E-state index contributed by atoms with van der Waals surface area (Å²) in [6, 6.07) is 0.699. The van der Waals surface area contributed by atoms with E-state index >= 15 is 0 Å². The van der Waals surface area contributed by atoms with Crippen LogP contribution in [0.4, 0.5) is 0 Å². The molecule has 2 aliphatic carbocycles. The predicted molar refractivity (Wildman–Crippen MR) is 66.9 cm³/mol. The van der Waals surface area contributed by atoms with Gasteiger partial charge in [0.05, 0.1) is 11.7 Å². The van der Waals surface area contributed by atoms with E-state index in [4.69, 9.17) is 4.74 Å². The Morgan fingerprint density at radius 1 is 1.24 bits per heavy atom. The van der Waals surface area contributed by atoms with Gasteiger partial charge in [0.15, 0.2) is 0 Å². The van der Waals surface area contributed by atoms with Crippen LogP contribution in [-0.4, -0.2) is 36.0 Å². The Labute approximate surface area is 104 Å². The van der Waals surface area contributed by atoms with Crippen LogP contribution in [0.25, 0.3) is 0 Å². The molecule has 0 radical (unpaired) electrons. The zero-order chi connectivity index (χ0) is 11.7. The molecule has 98 valence electrons. The average Bonchev–Trinajstić information content (AvgIpc) is 3.08. The molecule has 3 rings (SSSR count). The predicted octanol–water partition coefficient (Wildman–Crippen LogP) is 1.84. The molecule has 3 heteroatoms. The second-order valence-corrected chi connectivity index (χ2v) is 6.24. The lowest BCUT2D eigenvalue weighted by Crippen LogP contribution is -2.44. The summed E-state index contributed by atoms with van der Waals surface area (Å²) < 4.78 is 6.01. The van der Waals surface area contributed by atoms with Crippen molar-refractivity contribution >= 4 is 0 Å². The first-order valence-corrected chi connectivity index (χ1v) is 7.33. The number of nitrogens with one attached hydrogen (secondary N) is 1. The molecule has 0 amide bonds. The Morgan fingerprint density at radius 3 is 2.71 bits per heavy atom. The van der Waals surface area contributed by atoms with Crippen molar-refractivity contribution in [2.24, 2.45) is 5.92 Å². The fraction of sp³-hybridized carbons (Fsp3) is 1.00. The van der Waals surface area contributed by atoms with Gasteiger partial charge in [-0.3, -0.25) is 0 Å². The highest BCUT2D eigenvalue weighted by atomic mass is 16.5. The normalized spacial score (nSPS) is 34.1. The zero-order valence-electron chi connectivity index (χ0n) is 10.7. The quantitative estimate of drug-likeness (QED) is 0.786. The molecule has 1 heterocycles. The number of aliphatic hydroxyl groups is 1. The van der Waals surface area contributed by atoms with Gasteiger partial charge in [-0.2, -0.15) is 0 Å². The van der Waals surface area contributed by atoms with Crippen molar-refractivity contribution < 1.29 is 9.84 Å². The number of hydrogen-bond donors (Lipinski definition) is 2. The molecular weight excluding hydrogens is 214 g/mol. The third-order valence-corrected chi connectivity index (χ3v) is 4.78. The van der Waals surface area contributed by atoms with Crippen LogP contribution in [0.3, 0.4) is 0 Å². The highest BCUT2D eigenvalue weighted by Crippen LogP contribution is 2.42. The van der Waals surface area contributed by atoms with E-state index in [0.29, 0.717) is 12.0 Å². The van der Waals surface area contributed by atoms with E-state index < -0.39 is 0 Å². The molecule has 3 nitrogen and oxygen atoms in total. The van der Waals surface area contributed by atoms with E-state index in [1.54, 1.807) is 0 Å². The van der Waals surface area contributed by atoms with E-state index in [-0.39, 0.29) is 11.7 Å². The summed E-state index contributed by atoms with van der Waals surface area (Å²) in [5.41, 5.74) is 0.142. The number of rotatable bonds is 4. The first kappa shape index (κ1) is 11.9. The third kappa shape index (κ3) is 2.83. The molecule has 3 aliphatic rings. The lowest BCUT2D eigenvalue weighted by Gasteiger charge is -2.40. The monoisotopic (exact) mass is 239 g/mol. The van der Waals surface area contributed by atoms with Gasteiger partial charge in [-0.1, -0.05) is 12.8 Å². The Bertz CT molecular complexity index is 259. The maximum atomic E-state index is 10.3. The van der Waals surface area contributed by atoms with E-state index in [2.05, 4.69) is 5.32 Å². The number of ether oxygens (including phenoxy) is 1. The van der Waals surface area contributed by atoms with Crippen LogP contribution < -0.4 is 5.32 Å². The molecular formula is C14H25NO2. The zero-order valence-corrected chi connectivity index (χ0v) is 10.7. The van der Waals surface area contributed by atoms with Crippen molar-refractivity contribution in [2.45, 2.75) is 69.1 Å². The van der Waals surface area contributed by atoms with E-state index in [1.807, 2.05) is 0 Å². The van der Waals surface area contributed by atoms with Gasteiger partial charge in [0.2, 0.25) is 0 Å². The van der Waals surface area contributed by atoms with Crippen molar-refractivity contribution in [1.82, 2.24) is 5.32 Å². The molecule has 1 spiro atoms. The van der Waals surface area contributed by atoms with Crippen molar-refractivity contribution in [1.29, 1.82) is 0 Å². The van der Waals surface area contributed by atoms with Gasteiger partial charge in [0, 0.05) is 19.2 Å². The first-order valence-electron chi connectivity index (χ1n) is 7.33. The molecule has 0 aromatic rings. The Balaban J connectivity index is 1.51. The van der Waals surface area contributed by atoms with Crippen LogP contribution >= 0.6 is 0 Å². The molecule has 0 aromatic carbocycles. The average molecular weight is 239 g/mol. The summed E-state index contributed by atoms with van der Waals surface area (Å²) in [7, 11) is 0. The van der Waals surface area contributed by atoms with Crippen LogP contribution in [0.15, 0.2) is 0 Å². The summed E-state index contributed by atoms with van der Waals surface area (Å²) in [5, 5.41) is 13.7. The van der Waals surface area contributed by atoms with E-state index in [1.165, 1.54) is 38.5 Å². The number of hydrogen-bond acceptors (Lipinski definition) is 3. The Kier molecular flexibility index (Phi) is 3.42. The van der Waals surface area contributed by atoms with Crippen molar-refractivity contribution in [3.63, 3.8) is 0 Å². The number of aliphatic hydroxyl groups excluding tert-OH is 1. The minimum absolute atomic E-state index is 0.142. The van der Waals surface area contributed by atoms with Gasteiger partial charge in [0.1, 0.15) is 0 Å². The van der Waals surface area contributed by atoms with Crippen LogP contribution in [0.5, 0.6) is 0 Å². The molecule has 0 bridgehead atoms. The van der Waals surface area contributed by atoms with Gasteiger partial charge in [-0.25, -0.2) is 0 Å². The summed E-state index contributed by atoms with van der Waals surface area (Å²) in [6.07, 6.45) is 9.59. The van der Waals surface area contributed by atoms with Crippen LogP contribution in [0.2, 0.25) is 0 Å². The molecule has 3 fully saturated rings. The molecule has 1 saturated heterocycles. The molecule has 17 heavy (non-hydrogen) atoms. The molecule has 2 saturated carbocycles. The summed E-state index contributed by atoms with van der Waals surface area (Å²) >= 11 is 0. The highest BCUT2D eigenvalue weighted by Gasteiger charge is 2.41. The smallest absolute Gasteiger partial charge is 0.0694 e. The van der Waals surface area contributed by atoms with Crippen molar-refractivity contribution in [2.75, 3.05) is 13.2 Å². The maximum Gasteiger partial charge on any atom is 0.0694 e. The van der Waals surface area contributed by atoms with E-state index in [9.17, 15) is 5.11 Å². The topological polar surface area (TPSA) is 41.5 Å². The SMILES string of the molecule is OC(CNC1CC1)C1CCOC2(CCCC2)C1. The molecule has 0 aromatic heterocycles. The van der Waals surface area contributed by atoms with Crippen LogP contribution in [0.1, 0.15) is 51.4 Å². The second kappa shape index (κ2) is 4.87. The lowest BCUT2D eigenvalue weighted by atomic mass is 9.81. The summed E-state index contributed by atoms with van der Waals surface area (Å²) in [6.45, 7) is 1.64. The summed E-state index contributed by atoms with van der Waals surface area (Å²) in [5.74, 6) is 0.452. The van der Waals surface area contributed by atoms with Gasteiger partial charge in [-0.15, -0.1) is 0 Å². The van der Waals surface area contributed by atoms with Crippen molar-refractivity contribution in [3.8, 4) is 0 Å². The van der Waals surface area contributed by atoms with E-state index in [0.717, 1.165) is 26.0 Å². The lowest BCUT2D eigenvalue weighted by molar-refractivity contribution is -0.112. The maximum absolute atomic E-state index is 10.3. The fourth-order valence-corrected chi connectivity index (χ4v) is 3.50. The van der Waals surface area contributed by atoms with Gasteiger partial charge in [-0.05, 0) is 44.4 Å². The van der Waals surface area contributed by atoms with Crippen LogP contribution in [-0.2, 0) is 4.74 Å². The van der Waals surface area contributed by atoms with Gasteiger partial charge >= 0.3 is 0 Å². The standard InChI is InChI=1S/C14H25NO2/c16-13(10-15-12-3-4-12)11-5-8-17-14(9-11)6-1-2-7-14/h11-13,15-16H,1-10H2. The highest BCUT2D eigenvalue weighted by molar-refractivity contribution is 4.93. The van der Waals surface area contributed by atoms with Gasteiger partial charge < -0.3 is 15.2 Å². The Hall–Kier alpha value is -0.120. The molecule has 2 atom stereocenters. The largest absolute Gasteiger partial charge is 0.392 e.